The highest BCUT2D eigenvalue weighted by Crippen LogP contribution is 2.24. The van der Waals surface area contributed by atoms with Gasteiger partial charge in [0.05, 0.1) is 6.04 Å². The molecule has 9 heteroatoms. The van der Waals surface area contributed by atoms with Crippen LogP contribution in [0.1, 0.15) is 22.8 Å². The van der Waals surface area contributed by atoms with Crippen molar-refractivity contribution in [3.63, 3.8) is 0 Å². The maximum absolute atomic E-state index is 12.4. The molecular weight excluding hydrogens is 387 g/mol. The molecule has 0 saturated carbocycles. The van der Waals surface area contributed by atoms with E-state index in [1.54, 1.807) is 33.2 Å². The zero-order valence-corrected chi connectivity index (χ0v) is 16.2. The molecule has 0 fully saturated rings. The van der Waals surface area contributed by atoms with Crippen LogP contribution >= 0.6 is 0 Å². The Labute approximate surface area is 166 Å². The summed E-state index contributed by atoms with van der Waals surface area (Å²) in [5, 5.41) is 5.21. The molecule has 0 heterocycles. The van der Waals surface area contributed by atoms with Crippen LogP contribution < -0.4 is 15.4 Å². The molecule has 29 heavy (non-hydrogen) atoms. The van der Waals surface area contributed by atoms with Crippen LogP contribution in [-0.2, 0) is 11.3 Å². The lowest BCUT2D eigenvalue weighted by Crippen LogP contribution is -2.39. The molecule has 2 rings (SSSR count). The molecule has 0 aromatic heterocycles. The summed E-state index contributed by atoms with van der Waals surface area (Å²) in [5.74, 6) is -0.843. The number of anilines is 1. The molecule has 2 N–H and O–H groups in total. The second-order valence-electron chi connectivity index (χ2n) is 6.43. The lowest BCUT2D eigenvalue weighted by Gasteiger charge is -2.24. The Morgan fingerprint density at radius 2 is 1.66 bits per heavy atom. The maximum atomic E-state index is 12.4. The third kappa shape index (κ3) is 6.79. The van der Waals surface area contributed by atoms with Crippen LogP contribution in [0.5, 0.6) is 5.75 Å². The van der Waals surface area contributed by atoms with Crippen molar-refractivity contribution in [3.05, 3.63) is 59.7 Å². The Bertz CT molecular complexity index is 837. The largest absolute Gasteiger partial charge is 0.573 e. The smallest absolute Gasteiger partial charge is 0.406 e. The van der Waals surface area contributed by atoms with Crippen LogP contribution in [0.25, 0.3) is 0 Å². The van der Waals surface area contributed by atoms with Gasteiger partial charge < -0.3 is 15.4 Å². The van der Waals surface area contributed by atoms with Crippen molar-refractivity contribution in [2.75, 3.05) is 19.4 Å². The second-order valence-corrected chi connectivity index (χ2v) is 6.43. The topological polar surface area (TPSA) is 70.7 Å². The Morgan fingerprint density at radius 3 is 2.17 bits per heavy atom. The molecule has 2 amide bonds. The number of carbonyl (C=O) groups excluding carboxylic acids is 2. The lowest BCUT2D eigenvalue weighted by molar-refractivity contribution is -0.274. The van der Waals surface area contributed by atoms with Gasteiger partial charge >= 0.3 is 6.36 Å². The van der Waals surface area contributed by atoms with Gasteiger partial charge in [0.15, 0.2) is 0 Å². The third-order valence-electron chi connectivity index (χ3n) is 4.27. The van der Waals surface area contributed by atoms with Gasteiger partial charge in [0.2, 0.25) is 5.91 Å². The Balaban J connectivity index is 1.92. The van der Waals surface area contributed by atoms with Gasteiger partial charge in [0.1, 0.15) is 5.75 Å². The van der Waals surface area contributed by atoms with Crippen molar-refractivity contribution < 1.29 is 27.5 Å². The van der Waals surface area contributed by atoms with Crippen molar-refractivity contribution in [1.29, 1.82) is 0 Å². The van der Waals surface area contributed by atoms with Gasteiger partial charge in [0.25, 0.3) is 5.91 Å². The number of benzene rings is 2. The molecule has 2 aromatic rings. The van der Waals surface area contributed by atoms with Gasteiger partial charge in [-0.15, -0.1) is 13.2 Å². The number of halogens is 3. The quantitative estimate of drug-likeness (QED) is 0.735. The number of rotatable bonds is 7. The van der Waals surface area contributed by atoms with Crippen molar-refractivity contribution in [1.82, 2.24) is 10.2 Å². The van der Waals surface area contributed by atoms with Gasteiger partial charge in [-0.2, -0.15) is 0 Å². The van der Waals surface area contributed by atoms with Crippen molar-refractivity contribution in [3.8, 4) is 5.75 Å². The number of carbonyl (C=O) groups is 2. The highest BCUT2D eigenvalue weighted by atomic mass is 19.4. The molecule has 156 valence electrons. The van der Waals surface area contributed by atoms with Crippen LogP contribution in [0.3, 0.4) is 0 Å². The summed E-state index contributed by atoms with van der Waals surface area (Å²) in [5.41, 5.74) is 1.83. The van der Waals surface area contributed by atoms with E-state index in [9.17, 15) is 22.8 Å². The second kappa shape index (κ2) is 9.42. The number of hydrogen-bond donors (Lipinski definition) is 2. The van der Waals surface area contributed by atoms with Crippen molar-refractivity contribution in [2.45, 2.75) is 25.9 Å². The van der Waals surface area contributed by atoms with Crippen LogP contribution in [0.2, 0.25) is 0 Å². The molecule has 0 radical (unpaired) electrons. The zero-order valence-electron chi connectivity index (χ0n) is 16.2. The standard InChI is InChI=1S/C20H22F3N3O3/c1-13(26(3)12-14-4-6-15(7-5-14)19(28)24-2)18(27)25-16-8-10-17(11-9-16)29-20(21,22)23/h4-11,13H,12H2,1-3H3,(H,24,28)(H,25,27)/t13-/m1/s1. The minimum Gasteiger partial charge on any atom is -0.406 e. The first-order chi connectivity index (χ1) is 13.6. The van der Waals surface area contributed by atoms with E-state index >= 15 is 0 Å². The molecule has 1 atom stereocenters. The first-order valence-corrected chi connectivity index (χ1v) is 8.77. The van der Waals surface area contributed by atoms with Crippen molar-refractivity contribution >= 4 is 17.5 Å². The number of likely N-dealkylation sites (N-methyl/N-ethyl adjacent to an activating group) is 1. The fraction of sp³-hybridized carbons (Fsp3) is 0.300. The molecule has 0 bridgehead atoms. The summed E-state index contributed by atoms with van der Waals surface area (Å²) in [6, 6.07) is 11.5. The minimum absolute atomic E-state index is 0.177. The molecule has 2 aromatic carbocycles. The van der Waals surface area contributed by atoms with Gasteiger partial charge in [-0.1, -0.05) is 12.1 Å². The van der Waals surface area contributed by atoms with E-state index < -0.39 is 12.4 Å². The fourth-order valence-corrected chi connectivity index (χ4v) is 2.52. The Hall–Kier alpha value is -3.07. The van der Waals surface area contributed by atoms with E-state index in [2.05, 4.69) is 15.4 Å². The van der Waals surface area contributed by atoms with Gasteiger partial charge in [-0.25, -0.2) is 0 Å². The molecule has 0 aliphatic rings. The molecular formula is C20H22F3N3O3. The average Bonchev–Trinajstić information content (AvgIpc) is 2.67. The first kappa shape index (κ1) is 22.2. The van der Waals surface area contributed by atoms with Gasteiger partial charge in [-0.3, -0.25) is 14.5 Å². The number of hydrogen-bond acceptors (Lipinski definition) is 4. The number of ether oxygens (including phenoxy) is 1. The SMILES string of the molecule is CNC(=O)c1ccc(CN(C)[C@H](C)C(=O)Nc2ccc(OC(F)(F)F)cc2)cc1. The van der Waals surface area contributed by atoms with Crippen molar-refractivity contribution in [2.24, 2.45) is 0 Å². The summed E-state index contributed by atoms with van der Waals surface area (Å²) < 4.78 is 40.4. The van der Waals surface area contributed by atoms with Crippen LogP contribution in [0.4, 0.5) is 18.9 Å². The Morgan fingerprint density at radius 1 is 1.07 bits per heavy atom. The number of nitrogens with zero attached hydrogens (tertiary/aromatic N) is 1. The summed E-state index contributed by atoms with van der Waals surface area (Å²) in [4.78, 5) is 25.8. The Kier molecular flexibility index (Phi) is 7.22. The lowest BCUT2D eigenvalue weighted by atomic mass is 10.1. The van der Waals surface area contributed by atoms with E-state index in [1.165, 1.54) is 12.1 Å². The highest BCUT2D eigenvalue weighted by Gasteiger charge is 2.31. The molecule has 0 aliphatic heterocycles. The van der Waals surface area contributed by atoms with E-state index in [0.717, 1.165) is 17.7 Å². The fourth-order valence-electron chi connectivity index (χ4n) is 2.52. The van der Waals surface area contributed by atoms with Crippen LogP contribution in [0.15, 0.2) is 48.5 Å². The zero-order chi connectivity index (χ0) is 21.6. The molecule has 0 saturated heterocycles. The van der Waals surface area contributed by atoms with Gasteiger partial charge in [0, 0.05) is 24.8 Å². The normalized spacial score (nSPS) is 12.4. The number of alkyl halides is 3. The highest BCUT2D eigenvalue weighted by molar-refractivity contribution is 5.95. The summed E-state index contributed by atoms with van der Waals surface area (Å²) in [6.07, 6.45) is -4.76. The van der Waals surface area contributed by atoms with E-state index in [-0.39, 0.29) is 17.6 Å². The summed E-state index contributed by atoms with van der Waals surface area (Å²) in [6.45, 7) is 2.19. The maximum Gasteiger partial charge on any atom is 0.573 e. The summed E-state index contributed by atoms with van der Waals surface area (Å²) >= 11 is 0. The summed E-state index contributed by atoms with van der Waals surface area (Å²) in [7, 11) is 3.33. The predicted octanol–water partition coefficient (Wildman–Crippen LogP) is 3.40. The molecule has 6 nitrogen and oxygen atoms in total. The predicted molar refractivity (Wildman–Crippen MR) is 103 cm³/mol. The number of nitrogens with one attached hydrogen (secondary N) is 2. The molecule has 0 unspecified atom stereocenters. The number of amides is 2. The minimum atomic E-state index is -4.76. The van der Waals surface area contributed by atoms with E-state index in [4.69, 9.17) is 0 Å². The third-order valence-corrected chi connectivity index (χ3v) is 4.27. The molecule has 0 spiro atoms. The van der Waals surface area contributed by atoms with Gasteiger partial charge in [-0.05, 0) is 55.9 Å². The molecule has 0 aliphatic carbocycles. The average molecular weight is 409 g/mol. The van der Waals surface area contributed by atoms with E-state index in [0.29, 0.717) is 17.8 Å². The monoisotopic (exact) mass is 409 g/mol. The van der Waals surface area contributed by atoms with Crippen LogP contribution in [-0.4, -0.2) is 43.2 Å². The van der Waals surface area contributed by atoms with Crippen LogP contribution in [0, 0.1) is 0 Å². The first-order valence-electron chi connectivity index (χ1n) is 8.77. The van der Waals surface area contributed by atoms with E-state index in [1.807, 2.05) is 17.0 Å².